The molecule has 0 N–H and O–H groups in total. The summed E-state index contributed by atoms with van der Waals surface area (Å²) in [7, 11) is 1.46. The van der Waals surface area contributed by atoms with Gasteiger partial charge in [-0.25, -0.2) is 0 Å². The van der Waals surface area contributed by atoms with Gasteiger partial charge in [-0.2, -0.15) is 5.26 Å². The Morgan fingerprint density at radius 1 is 1.29 bits per heavy atom. The summed E-state index contributed by atoms with van der Waals surface area (Å²) in [6.07, 6.45) is 1.65. The van der Waals surface area contributed by atoms with E-state index in [1.807, 2.05) is 6.07 Å². The van der Waals surface area contributed by atoms with Crippen molar-refractivity contribution in [3.05, 3.63) is 40.3 Å². The fourth-order valence-corrected chi connectivity index (χ4v) is 2.18. The smallest absolute Gasteiger partial charge is 0.272 e. The number of nitriles is 1. The number of likely N-dealkylation sites (N-methyl/N-ethyl adjacent to an activating group) is 1. The van der Waals surface area contributed by atoms with Crippen LogP contribution in [0, 0.1) is 11.3 Å². The van der Waals surface area contributed by atoms with Gasteiger partial charge >= 0.3 is 0 Å². The molecule has 5 heteroatoms. The van der Waals surface area contributed by atoms with E-state index >= 15 is 0 Å². The van der Waals surface area contributed by atoms with Crippen molar-refractivity contribution in [1.82, 2.24) is 4.90 Å². The highest BCUT2D eigenvalue weighted by Gasteiger charge is 2.31. The first-order chi connectivity index (χ1) is 8.11. The van der Waals surface area contributed by atoms with Crippen LogP contribution in [0.5, 0.6) is 0 Å². The van der Waals surface area contributed by atoms with Crippen molar-refractivity contribution in [2.75, 3.05) is 7.05 Å². The molecular weight excluding hydrogens is 236 g/mol. The van der Waals surface area contributed by atoms with E-state index < -0.39 is 0 Å². The molecule has 0 spiro atoms. The van der Waals surface area contributed by atoms with Gasteiger partial charge in [0.05, 0.1) is 16.5 Å². The second-order valence-corrected chi connectivity index (χ2v) is 4.47. The Morgan fingerprint density at radius 2 is 1.94 bits per heavy atom. The molecule has 0 radical (unpaired) electrons. The predicted octanol–water partition coefficient (Wildman–Crippen LogP) is 2.22. The van der Waals surface area contributed by atoms with Crippen LogP contribution in [0.4, 0.5) is 4.79 Å². The molecule has 1 heterocycles. The van der Waals surface area contributed by atoms with Crippen molar-refractivity contribution in [3.63, 3.8) is 0 Å². The summed E-state index contributed by atoms with van der Waals surface area (Å²) in [6.45, 7) is 0. The Morgan fingerprint density at radius 3 is 2.41 bits per heavy atom. The van der Waals surface area contributed by atoms with Gasteiger partial charge in [-0.05, 0) is 35.5 Å². The van der Waals surface area contributed by atoms with Crippen LogP contribution in [-0.2, 0) is 4.79 Å². The molecular formula is C12H8N2O2S. The fourth-order valence-electron chi connectivity index (χ4n) is 1.35. The van der Waals surface area contributed by atoms with Crippen LogP contribution >= 0.6 is 11.8 Å². The molecule has 1 aromatic rings. The number of hydrogen-bond donors (Lipinski definition) is 0. The summed E-state index contributed by atoms with van der Waals surface area (Å²) in [6, 6.07) is 8.83. The van der Waals surface area contributed by atoms with Crippen molar-refractivity contribution in [1.29, 1.82) is 5.26 Å². The largest absolute Gasteiger partial charge is 0.293 e. The highest BCUT2D eigenvalue weighted by molar-refractivity contribution is 8.18. The van der Waals surface area contributed by atoms with Crippen molar-refractivity contribution < 1.29 is 9.59 Å². The summed E-state index contributed by atoms with van der Waals surface area (Å²) in [4.78, 5) is 24.4. The number of benzene rings is 1. The van der Waals surface area contributed by atoms with Crippen LogP contribution in [-0.4, -0.2) is 23.1 Å². The minimum Gasteiger partial charge on any atom is -0.272 e. The Labute approximate surface area is 103 Å². The van der Waals surface area contributed by atoms with Crippen LogP contribution in [0.3, 0.4) is 0 Å². The number of thioether (sulfide) groups is 1. The van der Waals surface area contributed by atoms with E-state index in [0.717, 1.165) is 22.2 Å². The van der Waals surface area contributed by atoms with E-state index in [1.165, 1.54) is 7.05 Å². The number of amides is 2. The molecule has 0 atom stereocenters. The van der Waals surface area contributed by atoms with Crippen molar-refractivity contribution >= 4 is 29.0 Å². The highest BCUT2D eigenvalue weighted by atomic mass is 32.2. The fraction of sp³-hybridized carbons (Fsp3) is 0.0833. The molecule has 0 aromatic heterocycles. The number of hydrogen-bond acceptors (Lipinski definition) is 4. The number of carbonyl (C=O) groups excluding carboxylic acids is 2. The van der Waals surface area contributed by atoms with Crippen LogP contribution in [0.1, 0.15) is 11.1 Å². The summed E-state index contributed by atoms with van der Waals surface area (Å²) < 4.78 is 0. The Balaban J connectivity index is 2.28. The van der Waals surface area contributed by atoms with Gasteiger partial charge in [0.15, 0.2) is 0 Å². The average Bonchev–Trinajstić information content (AvgIpc) is 2.58. The zero-order chi connectivity index (χ0) is 12.4. The normalized spacial score (nSPS) is 17.6. The Bertz CT molecular complexity index is 555. The standard InChI is InChI=1S/C12H8N2O2S/c1-14-11(15)10(17-12(14)16)6-8-2-4-9(7-13)5-3-8/h2-6H,1H3. The quantitative estimate of drug-likeness (QED) is 0.711. The summed E-state index contributed by atoms with van der Waals surface area (Å²) in [5.41, 5.74) is 1.36. The maximum atomic E-state index is 11.6. The first-order valence-electron chi connectivity index (χ1n) is 4.83. The molecule has 0 unspecified atom stereocenters. The lowest BCUT2D eigenvalue weighted by atomic mass is 10.1. The topological polar surface area (TPSA) is 61.2 Å². The third-order valence-corrected chi connectivity index (χ3v) is 3.28. The van der Waals surface area contributed by atoms with Crippen LogP contribution in [0.2, 0.25) is 0 Å². The molecule has 17 heavy (non-hydrogen) atoms. The second-order valence-electron chi connectivity index (χ2n) is 3.47. The lowest BCUT2D eigenvalue weighted by Crippen LogP contribution is -2.22. The van der Waals surface area contributed by atoms with Gasteiger partial charge < -0.3 is 0 Å². The lowest BCUT2D eigenvalue weighted by Gasteiger charge is -2.00. The van der Waals surface area contributed by atoms with E-state index in [2.05, 4.69) is 0 Å². The molecule has 84 valence electrons. The Kier molecular flexibility index (Phi) is 2.98. The van der Waals surface area contributed by atoms with Crippen LogP contribution in [0.15, 0.2) is 29.2 Å². The Hall–Kier alpha value is -2.06. The molecule has 1 aromatic carbocycles. The molecule has 2 amide bonds. The SMILES string of the molecule is CN1C(=O)SC(=Cc2ccc(C#N)cc2)C1=O. The number of carbonyl (C=O) groups is 2. The molecule has 1 saturated heterocycles. The minimum atomic E-state index is -0.288. The lowest BCUT2D eigenvalue weighted by molar-refractivity contribution is -0.121. The van der Waals surface area contributed by atoms with E-state index in [-0.39, 0.29) is 11.1 Å². The van der Waals surface area contributed by atoms with E-state index in [0.29, 0.717) is 10.5 Å². The zero-order valence-electron chi connectivity index (χ0n) is 9.01. The molecule has 1 aliphatic heterocycles. The molecule has 0 saturated carbocycles. The van der Waals surface area contributed by atoms with Gasteiger partial charge in [-0.1, -0.05) is 12.1 Å². The monoisotopic (exact) mass is 244 g/mol. The van der Waals surface area contributed by atoms with Gasteiger partial charge in [0.25, 0.3) is 11.1 Å². The van der Waals surface area contributed by atoms with Gasteiger partial charge in [0, 0.05) is 7.05 Å². The molecule has 0 bridgehead atoms. The number of nitrogens with zero attached hydrogens (tertiary/aromatic N) is 2. The highest BCUT2D eigenvalue weighted by Crippen LogP contribution is 2.30. The van der Waals surface area contributed by atoms with E-state index in [1.54, 1.807) is 30.3 Å². The summed E-state index contributed by atoms with van der Waals surface area (Å²) >= 11 is 0.920. The third kappa shape index (κ3) is 2.22. The summed E-state index contributed by atoms with van der Waals surface area (Å²) in [5.74, 6) is -0.288. The van der Waals surface area contributed by atoms with Gasteiger partial charge in [-0.15, -0.1) is 0 Å². The first-order valence-corrected chi connectivity index (χ1v) is 5.65. The third-order valence-electron chi connectivity index (χ3n) is 2.32. The summed E-state index contributed by atoms with van der Waals surface area (Å²) in [5, 5.41) is 8.38. The van der Waals surface area contributed by atoms with Crippen molar-refractivity contribution in [2.45, 2.75) is 0 Å². The second kappa shape index (κ2) is 4.44. The number of imide groups is 1. The van der Waals surface area contributed by atoms with Crippen LogP contribution < -0.4 is 0 Å². The average molecular weight is 244 g/mol. The van der Waals surface area contributed by atoms with Gasteiger partial charge in [-0.3, -0.25) is 14.5 Å². The molecule has 1 aliphatic rings. The van der Waals surface area contributed by atoms with Crippen molar-refractivity contribution in [2.24, 2.45) is 0 Å². The number of rotatable bonds is 1. The zero-order valence-corrected chi connectivity index (χ0v) is 9.82. The maximum absolute atomic E-state index is 11.6. The molecule has 0 aliphatic carbocycles. The van der Waals surface area contributed by atoms with E-state index in [9.17, 15) is 9.59 Å². The molecule has 1 fully saturated rings. The predicted molar refractivity (Wildman–Crippen MR) is 64.9 cm³/mol. The van der Waals surface area contributed by atoms with Crippen LogP contribution in [0.25, 0.3) is 6.08 Å². The first kappa shape index (κ1) is 11.4. The van der Waals surface area contributed by atoms with Gasteiger partial charge in [0.1, 0.15) is 0 Å². The molecule has 4 nitrogen and oxygen atoms in total. The van der Waals surface area contributed by atoms with E-state index in [4.69, 9.17) is 5.26 Å². The van der Waals surface area contributed by atoms with Crippen molar-refractivity contribution in [3.8, 4) is 6.07 Å². The minimum absolute atomic E-state index is 0.269. The maximum Gasteiger partial charge on any atom is 0.293 e. The van der Waals surface area contributed by atoms with Gasteiger partial charge in [0.2, 0.25) is 0 Å². The molecule has 2 rings (SSSR count).